The fourth-order valence-electron chi connectivity index (χ4n) is 1.50. The molecule has 0 fully saturated rings. The average molecular weight is 372 g/mol. The van der Waals surface area contributed by atoms with Crippen molar-refractivity contribution in [1.82, 2.24) is 5.43 Å². The summed E-state index contributed by atoms with van der Waals surface area (Å²) in [7, 11) is 0. The molecule has 1 N–H and O–H groups in total. The van der Waals surface area contributed by atoms with E-state index in [1.54, 1.807) is 36.4 Å². The first-order valence-electron chi connectivity index (χ1n) is 5.61. The molecule has 0 spiro atoms. The number of halogens is 3. The molecule has 0 unspecified atom stereocenters. The van der Waals surface area contributed by atoms with Gasteiger partial charge in [0.05, 0.1) is 21.8 Å². The van der Waals surface area contributed by atoms with Crippen LogP contribution in [0.3, 0.4) is 0 Å². The monoisotopic (exact) mass is 370 g/mol. The van der Waals surface area contributed by atoms with Crippen molar-refractivity contribution in [3.63, 3.8) is 0 Å². The third-order valence-corrected chi connectivity index (χ3v) is 3.83. The highest BCUT2D eigenvalue weighted by Crippen LogP contribution is 2.22. The highest BCUT2D eigenvalue weighted by Gasteiger charge is 2.08. The lowest BCUT2D eigenvalue weighted by Gasteiger charge is -2.03. The second-order valence-electron chi connectivity index (χ2n) is 3.81. The largest absolute Gasteiger partial charge is 0.272 e. The van der Waals surface area contributed by atoms with Crippen LogP contribution in [-0.4, -0.2) is 12.1 Å². The fourth-order valence-corrected chi connectivity index (χ4v) is 2.45. The van der Waals surface area contributed by atoms with E-state index in [1.807, 2.05) is 6.07 Å². The molecule has 0 saturated heterocycles. The first-order chi connectivity index (χ1) is 9.59. The summed E-state index contributed by atoms with van der Waals surface area (Å²) >= 11 is 15.3. The average Bonchev–Trinajstić information content (AvgIpc) is 2.42. The van der Waals surface area contributed by atoms with Gasteiger partial charge in [-0.05, 0) is 40.2 Å². The zero-order valence-corrected chi connectivity index (χ0v) is 13.2. The minimum Gasteiger partial charge on any atom is -0.267 e. The normalized spacial score (nSPS) is 10.8. The predicted octanol–water partition coefficient (Wildman–Crippen LogP) is 4.52. The van der Waals surface area contributed by atoms with Gasteiger partial charge in [0.2, 0.25) is 0 Å². The van der Waals surface area contributed by atoms with E-state index in [9.17, 15) is 4.79 Å². The van der Waals surface area contributed by atoms with E-state index in [0.717, 1.165) is 0 Å². The molecule has 0 aliphatic carbocycles. The van der Waals surface area contributed by atoms with Crippen LogP contribution in [0.25, 0.3) is 0 Å². The van der Waals surface area contributed by atoms with Crippen molar-refractivity contribution >= 4 is 51.3 Å². The molecule has 2 aromatic carbocycles. The molecular weight excluding hydrogens is 363 g/mol. The standard InChI is InChI=1S/C14H9BrCl2N2O/c15-11-5-2-1-4-9(11)14(20)19-18-8-10-12(16)6-3-7-13(10)17/h1-8H,(H,19,20)/b18-8-. The van der Waals surface area contributed by atoms with E-state index < -0.39 is 0 Å². The van der Waals surface area contributed by atoms with Crippen molar-refractivity contribution in [1.29, 1.82) is 0 Å². The van der Waals surface area contributed by atoms with E-state index in [-0.39, 0.29) is 5.91 Å². The van der Waals surface area contributed by atoms with Gasteiger partial charge < -0.3 is 0 Å². The van der Waals surface area contributed by atoms with Crippen LogP contribution in [-0.2, 0) is 0 Å². The number of carbonyl (C=O) groups excluding carboxylic acids is 1. The maximum absolute atomic E-state index is 11.9. The summed E-state index contributed by atoms with van der Waals surface area (Å²) in [6.07, 6.45) is 1.42. The number of nitrogens with one attached hydrogen (secondary N) is 1. The second kappa shape index (κ2) is 6.88. The van der Waals surface area contributed by atoms with Crippen LogP contribution in [0.15, 0.2) is 52.0 Å². The lowest BCUT2D eigenvalue weighted by molar-refractivity contribution is 0.0954. The number of rotatable bonds is 3. The molecule has 3 nitrogen and oxygen atoms in total. The van der Waals surface area contributed by atoms with E-state index in [0.29, 0.717) is 25.6 Å². The minimum absolute atomic E-state index is 0.322. The van der Waals surface area contributed by atoms with Crippen molar-refractivity contribution in [3.8, 4) is 0 Å². The lowest BCUT2D eigenvalue weighted by Crippen LogP contribution is -2.18. The van der Waals surface area contributed by atoms with E-state index in [2.05, 4.69) is 26.5 Å². The Hall–Kier alpha value is -1.36. The Balaban J connectivity index is 2.11. The molecular formula is C14H9BrCl2N2O. The van der Waals surface area contributed by atoms with E-state index in [1.165, 1.54) is 6.21 Å². The molecule has 2 aromatic rings. The number of amides is 1. The van der Waals surface area contributed by atoms with Crippen LogP contribution in [0.1, 0.15) is 15.9 Å². The number of hydrogen-bond donors (Lipinski definition) is 1. The number of benzene rings is 2. The van der Waals surface area contributed by atoms with Gasteiger partial charge in [-0.3, -0.25) is 4.79 Å². The van der Waals surface area contributed by atoms with Crippen molar-refractivity contribution in [2.45, 2.75) is 0 Å². The molecule has 0 aromatic heterocycles. The zero-order chi connectivity index (χ0) is 14.5. The number of hydrogen-bond acceptors (Lipinski definition) is 2. The van der Waals surface area contributed by atoms with Gasteiger partial charge in [0, 0.05) is 10.0 Å². The van der Waals surface area contributed by atoms with Gasteiger partial charge in [-0.2, -0.15) is 5.10 Å². The number of hydrazone groups is 1. The summed E-state index contributed by atoms with van der Waals surface area (Å²) in [6, 6.07) is 12.2. The van der Waals surface area contributed by atoms with Crippen molar-refractivity contribution < 1.29 is 4.79 Å². The van der Waals surface area contributed by atoms with Gasteiger partial charge in [-0.15, -0.1) is 0 Å². The first kappa shape index (κ1) is 15.0. The van der Waals surface area contributed by atoms with Gasteiger partial charge in [0.15, 0.2) is 0 Å². The van der Waals surface area contributed by atoms with E-state index in [4.69, 9.17) is 23.2 Å². The van der Waals surface area contributed by atoms with Gasteiger partial charge >= 0.3 is 0 Å². The Bertz CT molecular complexity index is 654. The summed E-state index contributed by atoms with van der Waals surface area (Å²) in [5.41, 5.74) is 3.48. The Labute approximate surface area is 134 Å². The van der Waals surface area contributed by atoms with Crippen molar-refractivity contribution in [3.05, 3.63) is 68.1 Å². The molecule has 0 heterocycles. The van der Waals surface area contributed by atoms with Crippen LogP contribution < -0.4 is 5.43 Å². The van der Waals surface area contributed by atoms with E-state index >= 15 is 0 Å². The Morgan fingerprint density at radius 1 is 1.10 bits per heavy atom. The molecule has 2 rings (SSSR count). The first-order valence-corrected chi connectivity index (χ1v) is 7.16. The van der Waals surface area contributed by atoms with Crippen molar-refractivity contribution in [2.75, 3.05) is 0 Å². The molecule has 0 aliphatic rings. The summed E-state index contributed by atoms with van der Waals surface area (Å²) < 4.78 is 0.698. The molecule has 0 saturated carbocycles. The molecule has 20 heavy (non-hydrogen) atoms. The summed E-state index contributed by atoms with van der Waals surface area (Å²) in [4.78, 5) is 11.9. The fraction of sp³-hybridized carbons (Fsp3) is 0. The number of nitrogens with zero attached hydrogens (tertiary/aromatic N) is 1. The molecule has 6 heteroatoms. The molecule has 0 aliphatic heterocycles. The topological polar surface area (TPSA) is 41.5 Å². The Morgan fingerprint density at radius 2 is 1.75 bits per heavy atom. The predicted molar refractivity (Wildman–Crippen MR) is 85.7 cm³/mol. The maximum Gasteiger partial charge on any atom is 0.272 e. The summed E-state index contributed by atoms with van der Waals surface area (Å²) in [6.45, 7) is 0. The SMILES string of the molecule is O=C(N/N=C\c1c(Cl)cccc1Cl)c1ccccc1Br. The number of carbonyl (C=O) groups is 1. The third-order valence-electron chi connectivity index (χ3n) is 2.48. The van der Waals surface area contributed by atoms with Gasteiger partial charge in [0.25, 0.3) is 5.91 Å². The molecule has 1 amide bonds. The summed E-state index contributed by atoms with van der Waals surface area (Å²) in [5, 5.41) is 4.80. The van der Waals surface area contributed by atoms with Gasteiger partial charge in [-0.1, -0.05) is 41.4 Å². The van der Waals surface area contributed by atoms with Crippen LogP contribution in [0.4, 0.5) is 0 Å². The maximum atomic E-state index is 11.9. The highest BCUT2D eigenvalue weighted by molar-refractivity contribution is 9.10. The van der Waals surface area contributed by atoms with Crippen molar-refractivity contribution in [2.24, 2.45) is 5.10 Å². The zero-order valence-electron chi connectivity index (χ0n) is 10.1. The van der Waals surface area contributed by atoms with Gasteiger partial charge in [-0.25, -0.2) is 5.43 Å². The van der Waals surface area contributed by atoms with Crippen LogP contribution in [0.2, 0.25) is 10.0 Å². The molecule has 102 valence electrons. The summed E-state index contributed by atoms with van der Waals surface area (Å²) in [5.74, 6) is -0.322. The second-order valence-corrected chi connectivity index (χ2v) is 5.48. The minimum atomic E-state index is -0.322. The Kier molecular flexibility index (Phi) is 5.17. The highest BCUT2D eigenvalue weighted by atomic mass is 79.9. The smallest absolute Gasteiger partial charge is 0.267 e. The van der Waals surface area contributed by atoms with Gasteiger partial charge in [0.1, 0.15) is 0 Å². The molecule has 0 bridgehead atoms. The van der Waals surface area contributed by atoms with Crippen LogP contribution in [0.5, 0.6) is 0 Å². The lowest BCUT2D eigenvalue weighted by atomic mass is 10.2. The molecule has 0 atom stereocenters. The van der Waals surface area contributed by atoms with Crippen LogP contribution >= 0.6 is 39.1 Å². The quantitative estimate of drug-likeness (QED) is 0.625. The molecule has 0 radical (unpaired) electrons. The Morgan fingerprint density at radius 3 is 2.40 bits per heavy atom. The third kappa shape index (κ3) is 3.60. The van der Waals surface area contributed by atoms with Crippen LogP contribution in [0, 0.1) is 0 Å².